The molecule has 1 heterocycles. The summed E-state index contributed by atoms with van der Waals surface area (Å²) in [6.45, 7) is 9.29. The fourth-order valence-electron chi connectivity index (χ4n) is 4.49. The van der Waals surface area contributed by atoms with Crippen LogP contribution in [0.4, 0.5) is 0 Å². The minimum absolute atomic E-state index is 0.207. The summed E-state index contributed by atoms with van der Waals surface area (Å²) in [4.78, 5) is 0. The monoisotopic (exact) mass is 359 g/mol. The highest BCUT2D eigenvalue weighted by Crippen LogP contribution is 2.30. The van der Waals surface area contributed by atoms with Crippen molar-refractivity contribution in [2.45, 2.75) is 130 Å². The predicted molar refractivity (Wildman–Crippen MR) is 116 cm³/mol. The van der Waals surface area contributed by atoms with Crippen LogP contribution in [0.1, 0.15) is 122 Å². The first kappa shape index (κ1) is 21.6. The van der Waals surface area contributed by atoms with Gasteiger partial charge in [-0.05, 0) is 57.1 Å². The van der Waals surface area contributed by atoms with E-state index in [1.165, 1.54) is 96.3 Å². The van der Waals surface area contributed by atoms with Gasteiger partial charge in [-0.15, -0.1) is 0 Å². The Morgan fingerprint density at radius 1 is 0.808 bits per heavy atom. The number of nitrogens with zero attached hydrogens (tertiary/aromatic N) is 1. The van der Waals surface area contributed by atoms with Crippen molar-refractivity contribution in [2.24, 2.45) is 5.92 Å². The standard InChI is InChI=1S/C25H45N/c1-5-6-7-8-9-10-11-15-18-23-20-26(25(2,3)4)21-24(23)19-22-16-13-12-14-17-22/h20-22H,5-19H2,1-4H3. The Morgan fingerprint density at radius 3 is 2.00 bits per heavy atom. The van der Waals surface area contributed by atoms with Crippen LogP contribution in [0.5, 0.6) is 0 Å². The highest BCUT2D eigenvalue weighted by Gasteiger charge is 2.20. The Morgan fingerprint density at radius 2 is 1.38 bits per heavy atom. The van der Waals surface area contributed by atoms with Gasteiger partial charge in [0.25, 0.3) is 0 Å². The molecule has 0 amide bonds. The molecule has 1 heteroatoms. The highest BCUT2D eigenvalue weighted by molar-refractivity contribution is 5.26. The van der Waals surface area contributed by atoms with E-state index in [9.17, 15) is 0 Å². The van der Waals surface area contributed by atoms with E-state index in [0.29, 0.717) is 0 Å². The second kappa shape index (κ2) is 11.2. The van der Waals surface area contributed by atoms with Crippen molar-refractivity contribution in [3.8, 4) is 0 Å². The van der Waals surface area contributed by atoms with Crippen molar-refractivity contribution >= 4 is 0 Å². The van der Waals surface area contributed by atoms with Gasteiger partial charge in [-0.1, -0.05) is 84.0 Å². The second-order valence-corrected chi connectivity index (χ2v) is 9.82. The van der Waals surface area contributed by atoms with Gasteiger partial charge >= 0.3 is 0 Å². The zero-order valence-electron chi connectivity index (χ0n) is 18.3. The van der Waals surface area contributed by atoms with Crippen LogP contribution >= 0.6 is 0 Å². The number of hydrogen-bond acceptors (Lipinski definition) is 0. The molecule has 1 saturated carbocycles. The lowest BCUT2D eigenvalue weighted by Crippen LogP contribution is -2.19. The van der Waals surface area contributed by atoms with E-state index in [1.54, 1.807) is 11.1 Å². The molecule has 1 aromatic heterocycles. The summed E-state index contributed by atoms with van der Waals surface area (Å²) in [6.07, 6.45) is 26.2. The molecule has 0 unspecified atom stereocenters. The third kappa shape index (κ3) is 7.49. The van der Waals surface area contributed by atoms with Crippen LogP contribution in [0.15, 0.2) is 12.4 Å². The quantitative estimate of drug-likeness (QED) is 0.352. The Kier molecular flexibility index (Phi) is 9.29. The molecule has 1 aliphatic rings. The first-order valence-corrected chi connectivity index (χ1v) is 11.7. The Balaban J connectivity index is 1.83. The molecule has 2 rings (SSSR count). The molecule has 0 N–H and O–H groups in total. The van der Waals surface area contributed by atoms with Crippen LogP contribution in [0.3, 0.4) is 0 Å². The molecule has 150 valence electrons. The minimum atomic E-state index is 0.207. The zero-order chi connectivity index (χ0) is 18.8. The summed E-state index contributed by atoms with van der Waals surface area (Å²) in [6, 6.07) is 0. The summed E-state index contributed by atoms with van der Waals surface area (Å²) >= 11 is 0. The van der Waals surface area contributed by atoms with Crippen LogP contribution in [0.2, 0.25) is 0 Å². The third-order valence-corrected chi connectivity index (χ3v) is 6.31. The predicted octanol–water partition coefficient (Wildman–Crippen LogP) is 8.05. The molecule has 0 atom stereocenters. The van der Waals surface area contributed by atoms with Crippen LogP contribution < -0.4 is 0 Å². The summed E-state index contributed by atoms with van der Waals surface area (Å²) in [5.41, 5.74) is 3.52. The molecule has 26 heavy (non-hydrogen) atoms. The average molecular weight is 360 g/mol. The maximum Gasteiger partial charge on any atom is 0.0355 e. The molecule has 0 radical (unpaired) electrons. The Hall–Kier alpha value is -0.720. The average Bonchev–Trinajstić information content (AvgIpc) is 3.01. The molecular formula is C25H45N. The number of aryl methyl sites for hydroxylation is 1. The van der Waals surface area contributed by atoms with Crippen molar-refractivity contribution < 1.29 is 0 Å². The smallest absolute Gasteiger partial charge is 0.0355 e. The maximum atomic E-state index is 2.48. The van der Waals surface area contributed by atoms with E-state index in [2.05, 4.69) is 44.7 Å². The molecule has 1 fully saturated rings. The molecule has 1 aliphatic carbocycles. The van der Waals surface area contributed by atoms with Gasteiger partial charge in [-0.3, -0.25) is 0 Å². The second-order valence-electron chi connectivity index (χ2n) is 9.82. The summed E-state index contributed by atoms with van der Waals surface area (Å²) < 4.78 is 2.48. The number of rotatable bonds is 11. The van der Waals surface area contributed by atoms with Gasteiger partial charge in [0, 0.05) is 17.9 Å². The molecule has 0 saturated heterocycles. The largest absolute Gasteiger partial charge is 0.349 e. The topological polar surface area (TPSA) is 4.93 Å². The van der Waals surface area contributed by atoms with Gasteiger partial charge in [-0.2, -0.15) is 0 Å². The Labute approximate surface area is 164 Å². The SMILES string of the molecule is CCCCCCCCCCc1cn(C(C)(C)C)cc1CC1CCCCC1. The van der Waals surface area contributed by atoms with Crippen molar-refractivity contribution in [3.05, 3.63) is 23.5 Å². The van der Waals surface area contributed by atoms with Crippen LogP contribution in [-0.4, -0.2) is 4.57 Å². The first-order valence-electron chi connectivity index (χ1n) is 11.7. The molecule has 0 spiro atoms. The molecule has 0 bridgehead atoms. The molecule has 1 nitrogen and oxygen atoms in total. The van der Waals surface area contributed by atoms with Gasteiger partial charge in [-0.25, -0.2) is 0 Å². The lowest BCUT2D eigenvalue weighted by atomic mass is 9.84. The maximum absolute atomic E-state index is 2.48. The van der Waals surface area contributed by atoms with Gasteiger partial charge in [0.1, 0.15) is 0 Å². The lowest BCUT2D eigenvalue weighted by molar-refractivity contribution is 0.354. The Bertz CT molecular complexity index is 485. The molecule has 1 aromatic rings. The molecular weight excluding hydrogens is 314 g/mol. The van der Waals surface area contributed by atoms with E-state index < -0.39 is 0 Å². The van der Waals surface area contributed by atoms with E-state index >= 15 is 0 Å². The number of unbranched alkanes of at least 4 members (excludes halogenated alkanes) is 7. The van der Waals surface area contributed by atoms with Crippen LogP contribution in [0, 0.1) is 5.92 Å². The molecule has 0 aromatic carbocycles. The van der Waals surface area contributed by atoms with Crippen molar-refractivity contribution in [1.29, 1.82) is 0 Å². The third-order valence-electron chi connectivity index (χ3n) is 6.31. The number of aromatic nitrogens is 1. The van der Waals surface area contributed by atoms with Crippen LogP contribution in [0.25, 0.3) is 0 Å². The van der Waals surface area contributed by atoms with E-state index in [4.69, 9.17) is 0 Å². The highest BCUT2D eigenvalue weighted by atomic mass is 15.0. The van der Waals surface area contributed by atoms with Crippen LogP contribution in [-0.2, 0) is 18.4 Å². The van der Waals surface area contributed by atoms with Gasteiger partial charge in [0.2, 0.25) is 0 Å². The summed E-state index contributed by atoms with van der Waals surface area (Å²) in [7, 11) is 0. The lowest BCUT2D eigenvalue weighted by Gasteiger charge is -2.22. The fourth-order valence-corrected chi connectivity index (χ4v) is 4.49. The normalized spacial score (nSPS) is 16.3. The first-order chi connectivity index (χ1) is 12.5. The van der Waals surface area contributed by atoms with Crippen molar-refractivity contribution in [3.63, 3.8) is 0 Å². The number of hydrogen-bond donors (Lipinski definition) is 0. The van der Waals surface area contributed by atoms with E-state index in [1.807, 2.05) is 0 Å². The van der Waals surface area contributed by atoms with E-state index in [0.717, 1.165) is 5.92 Å². The zero-order valence-corrected chi connectivity index (χ0v) is 18.3. The van der Waals surface area contributed by atoms with Crippen molar-refractivity contribution in [1.82, 2.24) is 4.57 Å². The van der Waals surface area contributed by atoms with Gasteiger partial charge in [0.15, 0.2) is 0 Å². The van der Waals surface area contributed by atoms with Gasteiger partial charge < -0.3 is 4.57 Å². The fraction of sp³-hybridized carbons (Fsp3) is 0.840. The molecule has 0 aliphatic heterocycles. The van der Waals surface area contributed by atoms with E-state index in [-0.39, 0.29) is 5.54 Å². The van der Waals surface area contributed by atoms with Crippen molar-refractivity contribution in [2.75, 3.05) is 0 Å². The summed E-state index contributed by atoms with van der Waals surface area (Å²) in [5, 5.41) is 0. The van der Waals surface area contributed by atoms with Gasteiger partial charge in [0.05, 0.1) is 0 Å². The summed E-state index contributed by atoms with van der Waals surface area (Å²) in [5.74, 6) is 0.942. The minimum Gasteiger partial charge on any atom is -0.349 e.